The van der Waals surface area contributed by atoms with Crippen LogP contribution in [0.25, 0.3) is 0 Å². The number of halogens is 11. The molecule has 0 amide bonds. The van der Waals surface area contributed by atoms with Gasteiger partial charge in [-0.1, -0.05) is 23.2 Å². The van der Waals surface area contributed by atoms with Crippen LogP contribution in [-0.4, -0.2) is 9.85 Å². The Labute approximate surface area is 185 Å². The van der Waals surface area contributed by atoms with Gasteiger partial charge in [0.2, 0.25) is 0 Å². The predicted molar refractivity (Wildman–Crippen MR) is 94.5 cm³/mol. The minimum atomic E-state index is -5.59. The molecule has 0 radical (unpaired) electrons. The van der Waals surface area contributed by atoms with Crippen LogP contribution < -0.4 is 5.32 Å². The third kappa shape index (κ3) is 5.32. The molecule has 0 saturated heterocycles. The molecule has 2 rings (SSSR count). The topological polar surface area (TPSA) is 98.3 Å². The van der Waals surface area contributed by atoms with E-state index in [9.17, 15) is 59.7 Å². The molecule has 0 aliphatic carbocycles. The predicted octanol–water partition coefficient (Wildman–Crippen LogP) is 7.61. The zero-order valence-electron chi connectivity index (χ0n) is 14.9. The lowest BCUT2D eigenvalue weighted by atomic mass is 10.1. The summed E-state index contributed by atoms with van der Waals surface area (Å²) in [5, 5.41) is 20.2. The van der Waals surface area contributed by atoms with E-state index < -0.39 is 83.9 Å². The average molecular weight is 532 g/mol. The molecular formula is C15H4Cl2F9N3O4. The van der Waals surface area contributed by atoms with E-state index >= 15 is 0 Å². The maximum Gasteiger partial charge on any atom is 0.418 e. The number of nitro benzene ring substituents is 2. The van der Waals surface area contributed by atoms with E-state index in [-0.39, 0.29) is 12.1 Å². The van der Waals surface area contributed by atoms with Crippen molar-refractivity contribution < 1.29 is 49.4 Å². The number of non-ortho nitro benzene ring substituents is 1. The Morgan fingerprint density at radius 3 is 1.42 bits per heavy atom. The zero-order valence-corrected chi connectivity index (χ0v) is 16.4. The van der Waals surface area contributed by atoms with Gasteiger partial charge >= 0.3 is 18.5 Å². The molecule has 7 nitrogen and oxygen atoms in total. The minimum Gasteiger partial charge on any atom is -0.347 e. The molecule has 0 atom stereocenters. The Hall–Kier alpha value is -3.01. The van der Waals surface area contributed by atoms with E-state index in [4.69, 9.17) is 23.2 Å². The fourth-order valence-corrected chi connectivity index (χ4v) is 3.16. The van der Waals surface area contributed by atoms with Gasteiger partial charge in [0.25, 0.3) is 11.4 Å². The summed E-state index contributed by atoms with van der Waals surface area (Å²) < 4.78 is 120. The normalized spacial score (nSPS) is 12.6. The van der Waals surface area contributed by atoms with E-state index in [1.54, 1.807) is 0 Å². The first-order valence-corrected chi connectivity index (χ1v) is 8.49. The number of anilines is 2. The summed E-state index contributed by atoms with van der Waals surface area (Å²) in [5.74, 6) is 0. The molecule has 0 aliphatic heterocycles. The van der Waals surface area contributed by atoms with Crippen molar-refractivity contribution in [2.24, 2.45) is 0 Å². The highest BCUT2D eigenvalue weighted by Crippen LogP contribution is 2.51. The maximum absolute atomic E-state index is 13.5. The first-order chi connectivity index (χ1) is 14.8. The summed E-state index contributed by atoms with van der Waals surface area (Å²) in [7, 11) is 0. The fourth-order valence-electron chi connectivity index (χ4n) is 2.50. The number of hydrogen-bond acceptors (Lipinski definition) is 5. The van der Waals surface area contributed by atoms with Crippen LogP contribution >= 0.6 is 23.2 Å². The Bertz CT molecular complexity index is 1110. The van der Waals surface area contributed by atoms with Crippen LogP contribution in [0.5, 0.6) is 0 Å². The van der Waals surface area contributed by atoms with Gasteiger partial charge in [0, 0.05) is 6.07 Å². The van der Waals surface area contributed by atoms with Crippen molar-refractivity contribution in [2.75, 3.05) is 5.32 Å². The van der Waals surface area contributed by atoms with Crippen LogP contribution in [0.2, 0.25) is 10.0 Å². The van der Waals surface area contributed by atoms with Crippen molar-refractivity contribution in [3.8, 4) is 0 Å². The Kier molecular flexibility index (Phi) is 6.68. The number of nitrogens with one attached hydrogen (secondary N) is 1. The van der Waals surface area contributed by atoms with Crippen molar-refractivity contribution in [1.29, 1.82) is 0 Å². The van der Waals surface area contributed by atoms with Gasteiger partial charge in [0.1, 0.15) is 5.69 Å². The first kappa shape index (κ1) is 26.2. The van der Waals surface area contributed by atoms with Crippen LogP contribution in [0.1, 0.15) is 16.7 Å². The quantitative estimate of drug-likeness (QED) is 0.248. The molecule has 0 bridgehead atoms. The summed E-state index contributed by atoms with van der Waals surface area (Å²) in [4.78, 5) is 19.1. The first-order valence-electron chi connectivity index (χ1n) is 7.74. The number of benzene rings is 2. The second-order valence-electron chi connectivity index (χ2n) is 5.99. The molecule has 180 valence electrons. The Morgan fingerprint density at radius 2 is 1.09 bits per heavy atom. The highest BCUT2D eigenvalue weighted by molar-refractivity contribution is 6.40. The van der Waals surface area contributed by atoms with Crippen LogP contribution in [-0.2, 0) is 18.5 Å². The lowest BCUT2D eigenvalue weighted by molar-refractivity contribution is -0.394. The lowest BCUT2D eigenvalue weighted by Crippen LogP contribution is -2.16. The molecule has 2 aromatic carbocycles. The molecule has 0 heterocycles. The SMILES string of the molecule is O=[N+]([O-])c1cc([N+](=O)[O-])c(Nc2c(Cl)c(C(F)(F)F)cc(C(F)(F)F)c2Cl)c(C(F)(F)F)c1. The third-order valence-corrected chi connectivity index (χ3v) is 4.66. The molecule has 0 aromatic heterocycles. The van der Waals surface area contributed by atoms with Crippen molar-refractivity contribution in [2.45, 2.75) is 18.5 Å². The Balaban J connectivity index is 2.98. The highest BCUT2D eigenvalue weighted by Gasteiger charge is 2.44. The van der Waals surface area contributed by atoms with Gasteiger partial charge in [0.15, 0.2) is 0 Å². The maximum atomic E-state index is 13.5. The van der Waals surface area contributed by atoms with Gasteiger partial charge in [-0.25, -0.2) is 0 Å². The van der Waals surface area contributed by atoms with Gasteiger partial charge in [-0.05, 0) is 6.07 Å². The van der Waals surface area contributed by atoms with Gasteiger partial charge in [0.05, 0.1) is 48.3 Å². The summed E-state index contributed by atoms with van der Waals surface area (Å²) in [5.41, 5.74) is -12.9. The van der Waals surface area contributed by atoms with Crippen LogP contribution in [0.15, 0.2) is 18.2 Å². The third-order valence-electron chi connectivity index (χ3n) is 3.88. The number of rotatable bonds is 4. The average Bonchev–Trinajstić information content (AvgIpc) is 2.61. The van der Waals surface area contributed by atoms with Gasteiger partial charge < -0.3 is 5.32 Å². The van der Waals surface area contributed by atoms with Crippen LogP contribution in [0, 0.1) is 20.2 Å². The summed E-state index contributed by atoms with van der Waals surface area (Å²) in [6, 6.07) is -0.697. The molecule has 0 fully saturated rings. The summed E-state index contributed by atoms with van der Waals surface area (Å²) in [6.07, 6.45) is -16.7. The molecule has 0 spiro atoms. The molecule has 0 saturated carbocycles. The smallest absolute Gasteiger partial charge is 0.347 e. The van der Waals surface area contributed by atoms with E-state index in [1.165, 1.54) is 5.32 Å². The number of hydrogen-bond donors (Lipinski definition) is 1. The summed E-state index contributed by atoms with van der Waals surface area (Å²) >= 11 is 10.9. The summed E-state index contributed by atoms with van der Waals surface area (Å²) in [6.45, 7) is 0. The molecule has 33 heavy (non-hydrogen) atoms. The van der Waals surface area contributed by atoms with Crippen molar-refractivity contribution >= 4 is 46.0 Å². The number of alkyl halides is 9. The number of nitrogens with zero attached hydrogens (tertiary/aromatic N) is 2. The van der Waals surface area contributed by atoms with Crippen molar-refractivity contribution in [3.63, 3.8) is 0 Å². The fraction of sp³-hybridized carbons (Fsp3) is 0.200. The Morgan fingerprint density at radius 1 is 0.667 bits per heavy atom. The molecule has 1 N–H and O–H groups in total. The van der Waals surface area contributed by atoms with Crippen molar-refractivity contribution in [1.82, 2.24) is 0 Å². The largest absolute Gasteiger partial charge is 0.418 e. The minimum absolute atomic E-state index is 0.0116. The van der Waals surface area contributed by atoms with Gasteiger partial charge in [-0.15, -0.1) is 0 Å². The van der Waals surface area contributed by atoms with Crippen LogP contribution in [0.4, 0.5) is 62.3 Å². The van der Waals surface area contributed by atoms with Crippen LogP contribution in [0.3, 0.4) is 0 Å². The van der Waals surface area contributed by atoms with E-state index in [1.807, 2.05) is 0 Å². The van der Waals surface area contributed by atoms with Crippen molar-refractivity contribution in [3.05, 3.63) is 65.2 Å². The molecule has 2 aromatic rings. The molecule has 0 aliphatic rings. The standard InChI is InChI=1S/C15H4Cl2F9N3O4/c16-9-5(13(18,19)20)3-6(14(21,22)23)10(17)12(9)27-11-7(15(24,25)26)1-4(28(30)31)2-8(11)29(32)33/h1-3,27H. The molecule has 18 heteroatoms. The lowest BCUT2D eigenvalue weighted by Gasteiger charge is -2.21. The van der Waals surface area contributed by atoms with Gasteiger partial charge in [-0.3, -0.25) is 20.2 Å². The second-order valence-corrected chi connectivity index (χ2v) is 6.75. The molecule has 0 unspecified atom stereocenters. The van der Waals surface area contributed by atoms with Gasteiger partial charge in [-0.2, -0.15) is 39.5 Å². The second kappa shape index (κ2) is 8.40. The highest BCUT2D eigenvalue weighted by atomic mass is 35.5. The zero-order chi connectivity index (χ0) is 25.7. The molecular weight excluding hydrogens is 528 g/mol. The van der Waals surface area contributed by atoms with E-state index in [0.29, 0.717) is 0 Å². The van der Waals surface area contributed by atoms with E-state index in [2.05, 4.69) is 0 Å². The van der Waals surface area contributed by atoms with E-state index in [0.717, 1.165) is 0 Å². The monoisotopic (exact) mass is 531 g/mol. The number of nitro groups is 2.